The minimum Gasteiger partial charge on any atom is -0.394 e. The molecule has 0 unspecified atom stereocenters. The molecule has 0 amide bonds. The summed E-state index contributed by atoms with van der Waals surface area (Å²) < 4.78 is 18.3. The van der Waals surface area contributed by atoms with E-state index in [0.717, 1.165) is 0 Å². The Balaban J connectivity index is 2.24. The second-order valence-corrected chi connectivity index (χ2v) is 4.36. The van der Waals surface area contributed by atoms with Gasteiger partial charge in [-0.25, -0.2) is 4.79 Å². The van der Waals surface area contributed by atoms with Gasteiger partial charge in [0.05, 0.1) is 12.8 Å². The highest BCUT2D eigenvalue weighted by molar-refractivity contribution is 4.90. The molecule has 1 fully saturated rings. The van der Waals surface area contributed by atoms with E-state index in [2.05, 4.69) is 0 Å². The van der Waals surface area contributed by atoms with Gasteiger partial charge in [-0.05, 0) is 0 Å². The Labute approximate surface area is 115 Å². The molecule has 1 aliphatic heterocycles. The van der Waals surface area contributed by atoms with Crippen LogP contribution in [0.4, 0.5) is 4.39 Å². The van der Waals surface area contributed by atoms with E-state index in [9.17, 15) is 29.3 Å². The van der Waals surface area contributed by atoms with Crippen LogP contribution in [0.3, 0.4) is 0 Å². The van der Waals surface area contributed by atoms with Gasteiger partial charge in [-0.15, -0.1) is 4.73 Å². The second kappa shape index (κ2) is 5.91. The van der Waals surface area contributed by atoms with E-state index < -0.39 is 54.4 Å². The van der Waals surface area contributed by atoms with E-state index in [1.807, 2.05) is 0 Å². The maximum absolute atomic E-state index is 13.1. The maximum atomic E-state index is 13.1. The first-order valence-corrected chi connectivity index (χ1v) is 5.84. The average molecular weight is 308 g/mol. The summed E-state index contributed by atoms with van der Waals surface area (Å²) in [5.74, 6) is -1.32. The minimum absolute atomic E-state index is 0.253. The highest BCUT2D eigenvalue weighted by atomic mass is 19.1. The Hall–Kier alpha value is -1.79. The number of ether oxygens (including phenoxy) is 1. The molecule has 0 bridgehead atoms. The van der Waals surface area contributed by atoms with Crippen LogP contribution in [0.2, 0.25) is 0 Å². The summed E-state index contributed by atoms with van der Waals surface area (Å²) in [5.41, 5.74) is -2.40. The van der Waals surface area contributed by atoms with Gasteiger partial charge in [0.1, 0.15) is 24.4 Å². The number of aromatic nitrogens is 2. The van der Waals surface area contributed by atoms with Gasteiger partial charge in [-0.1, -0.05) is 0 Å². The van der Waals surface area contributed by atoms with Crippen molar-refractivity contribution in [2.45, 2.75) is 30.7 Å². The first kappa shape index (κ1) is 15.6. The van der Waals surface area contributed by atoms with E-state index in [1.165, 1.54) is 0 Å². The van der Waals surface area contributed by atoms with Crippen LogP contribution in [-0.4, -0.2) is 67.5 Å². The van der Waals surface area contributed by atoms with Crippen molar-refractivity contribution >= 4 is 0 Å². The first-order valence-electron chi connectivity index (χ1n) is 5.84. The Bertz CT molecular complexity index is 614. The SMILES string of the molecule is O=c1[nH]c(=O)n(O[C@H]2O[C@H](CO)[C@@H](O)[C@H](O)[C@@H]2O)cc1F. The second-order valence-electron chi connectivity index (χ2n) is 4.36. The Morgan fingerprint density at radius 1 is 1.29 bits per heavy atom. The van der Waals surface area contributed by atoms with Gasteiger partial charge in [-0.2, -0.15) is 4.39 Å². The lowest BCUT2D eigenvalue weighted by molar-refractivity contribution is -0.301. The third kappa shape index (κ3) is 2.96. The lowest BCUT2D eigenvalue weighted by atomic mass is 9.99. The molecule has 1 aromatic rings. The number of aliphatic hydroxyl groups excluding tert-OH is 4. The lowest BCUT2D eigenvalue weighted by Crippen LogP contribution is -2.61. The zero-order valence-electron chi connectivity index (χ0n) is 10.4. The van der Waals surface area contributed by atoms with Crippen molar-refractivity contribution in [3.63, 3.8) is 0 Å². The number of hydrogen-bond acceptors (Lipinski definition) is 8. The summed E-state index contributed by atoms with van der Waals surface area (Å²) in [5, 5.41) is 37.7. The maximum Gasteiger partial charge on any atom is 0.361 e. The van der Waals surface area contributed by atoms with E-state index in [0.29, 0.717) is 6.20 Å². The number of nitrogens with one attached hydrogen (secondary N) is 1. The van der Waals surface area contributed by atoms with Crippen molar-refractivity contribution in [3.8, 4) is 0 Å². The van der Waals surface area contributed by atoms with Crippen LogP contribution in [0.15, 0.2) is 15.8 Å². The molecule has 0 aromatic carbocycles. The first-order chi connectivity index (χ1) is 9.85. The number of hydrogen-bond donors (Lipinski definition) is 5. The number of aliphatic hydroxyl groups is 4. The highest BCUT2D eigenvalue weighted by Crippen LogP contribution is 2.20. The third-order valence-electron chi connectivity index (χ3n) is 2.93. The van der Waals surface area contributed by atoms with Gasteiger partial charge in [0.2, 0.25) is 5.82 Å². The number of H-pyrrole nitrogens is 1. The van der Waals surface area contributed by atoms with Gasteiger partial charge in [0.15, 0.2) is 0 Å². The summed E-state index contributed by atoms with van der Waals surface area (Å²) in [6.45, 7) is -0.695. The lowest BCUT2D eigenvalue weighted by Gasteiger charge is -2.39. The van der Waals surface area contributed by atoms with E-state index in [1.54, 1.807) is 4.98 Å². The fourth-order valence-corrected chi connectivity index (χ4v) is 1.78. The Morgan fingerprint density at radius 3 is 2.57 bits per heavy atom. The van der Waals surface area contributed by atoms with Crippen LogP contribution in [0, 0.1) is 5.82 Å². The molecule has 10 nitrogen and oxygen atoms in total. The zero-order valence-corrected chi connectivity index (χ0v) is 10.4. The molecular formula is C10H13FN2O8. The van der Waals surface area contributed by atoms with Crippen LogP contribution in [0.25, 0.3) is 0 Å². The molecule has 1 aliphatic rings. The van der Waals surface area contributed by atoms with Gasteiger partial charge >= 0.3 is 5.69 Å². The summed E-state index contributed by atoms with van der Waals surface area (Å²) in [6, 6.07) is 0. The third-order valence-corrected chi connectivity index (χ3v) is 2.93. The summed E-state index contributed by atoms with van der Waals surface area (Å²) in [7, 11) is 0. The van der Waals surface area contributed by atoms with Gasteiger partial charge in [-0.3, -0.25) is 9.78 Å². The fourth-order valence-electron chi connectivity index (χ4n) is 1.78. The topological polar surface area (TPSA) is 154 Å². The van der Waals surface area contributed by atoms with Gasteiger partial charge in [0.25, 0.3) is 11.8 Å². The van der Waals surface area contributed by atoms with E-state index in [4.69, 9.17) is 14.7 Å². The molecule has 21 heavy (non-hydrogen) atoms. The molecule has 2 rings (SSSR count). The summed E-state index contributed by atoms with van der Waals surface area (Å²) in [4.78, 5) is 28.7. The molecule has 0 spiro atoms. The smallest absolute Gasteiger partial charge is 0.361 e. The Morgan fingerprint density at radius 2 is 1.95 bits per heavy atom. The standard InChI is InChI=1S/C10H13FN2O8/c11-3-1-13(10(19)12-8(3)18)21-9-7(17)6(16)5(15)4(2-14)20-9/h1,4-7,9,14-17H,2H2,(H,12,18,19)/t4-,5-,6+,7+,9-/m1/s1. The van der Waals surface area contributed by atoms with Crippen LogP contribution >= 0.6 is 0 Å². The quantitative estimate of drug-likeness (QED) is 0.377. The van der Waals surface area contributed by atoms with Crippen molar-refractivity contribution in [1.82, 2.24) is 9.71 Å². The summed E-state index contributed by atoms with van der Waals surface area (Å²) >= 11 is 0. The largest absolute Gasteiger partial charge is 0.394 e. The predicted octanol–water partition coefficient (Wildman–Crippen LogP) is -4.10. The van der Waals surface area contributed by atoms with Crippen molar-refractivity contribution in [1.29, 1.82) is 0 Å². The van der Waals surface area contributed by atoms with Crippen molar-refractivity contribution in [2.24, 2.45) is 0 Å². The monoisotopic (exact) mass is 308 g/mol. The molecule has 0 saturated carbocycles. The molecule has 1 saturated heterocycles. The fraction of sp³-hybridized carbons (Fsp3) is 0.600. The van der Waals surface area contributed by atoms with Crippen molar-refractivity contribution < 1.29 is 34.4 Å². The number of halogens is 1. The van der Waals surface area contributed by atoms with Crippen LogP contribution < -0.4 is 16.1 Å². The average Bonchev–Trinajstić information content (AvgIpc) is 2.45. The highest BCUT2D eigenvalue weighted by Gasteiger charge is 2.45. The molecule has 1 aromatic heterocycles. The number of aromatic amines is 1. The molecule has 118 valence electrons. The van der Waals surface area contributed by atoms with Crippen LogP contribution in [0.1, 0.15) is 0 Å². The normalized spacial score (nSPS) is 32.9. The van der Waals surface area contributed by atoms with Gasteiger partial charge in [0, 0.05) is 0 Å². The van der Waals surface area contributed by atoms with Crippen molar-refractivity contribution in [2.75, 3.05) is 6.61 Å². The molecule has 2 heterocycles. The van der Waals surface area contributed by atoms with E-state index >= 15 is 0 Å². The van der Waals surface area contributed by atoms with Gasteiger partial charge < -0.3 is 30.0 Å². The predicted molar refractivity (Wildman–Crippen MR) is 61.6 cm³/mol. The summed E-state index contributed by atoms with van der Waals surface area (Å²) in [6.07, 6.45) is -7.61. The molecule has 5 N–H and O–H groups in total. The molecular weight excluding hydrogens is 295 g/mol. The number of rotatable bonds is 3. The molecule has 11 heteroatoms. The Kier molecular flexibility index (Phi) is 4.39. The molecule has 0 radical (unpaired) electrons. The number of nitrogens with zero attached hydrogens (tertiary/aromatic N) is 1. The van der Waals surface area contributed by atoms with Crippen LogP contribution in [0.5, 0.6) is 0 Å². The molecule has 0 aliphatic carbocycles. The van der Waals surface area contributed by atoms with Crippen molar-refractivity contribution in [3.05, 3.63) is 32.9 Å². The zero-order chi connectivity index (χ0) is 15.7. The van der Waals surface area contributed by atoms with Crippen LogP contribution in [-0.2, 0) is 4.74 Å². The van der Waals surface area contributed by atoms with E-state index in [-0.39, 0.29) is 4.73 Å². The molecule has 5 atom stereocenters. The minimum atomic E-state index is -1.77.